The Hall–Kier alpha value is -2.43. The minimum absolute atomic E-state index is 0.209. The van der Waals surface area contributed by atoms with Crippen molar-refractivity contribution in [3.05, 3.63) is 53.2 Å². The predicted molar refractivity (Wildman–Crippen MR) is 102 cm³/mol. The molecule has 0 unspecified atom stereocenters. The van der Waals surface area contributed by atoms with Gasteiger partial charge in [-0.1, -0.05) is 29.3 Å². The van der Waals surface area contributed by atoms with Crippen LogP contribution in [0.2, 0.25) is 0 Å². The molecule has 136 valence electrons. The van der Waals surface area contributed by atoms with Crippen LogP contribution in [0.5, 0.6) is 0 Å². The predicted octanol–water partition coefficient (Wildman–Crippen LogP) is 2.91. The summed E-state index contributed by atoms with van der Waals surface area (Å²) in [6.07, 6.45) is 5.51. The van der Waals surface area contributed by atoms with E-state index in [0.29, 0.717) is 0 Å². The van der Waals surface area contributed by atoms with Crippen LogP contribution in [0.25, 0.3) is 0 Å². The van der Waals surface area contributed by atoms with Gasteiger partial charge < -0.3 is 10.2 Å². The number of piperidine rings is 1. The molecule has 5 heteroatoms. The van der Waals surface area contributed by atoms with Gasteiger partial charge in [0.1, 0.15) is 0 Å². The van der Waals surface area contributed by atoms with E-state index in [9.17, 15) is 4.79 Å². The van der Waals surface area contributed by atoms with Crippen molar-refractivity contribution in [3.63, 3.8) is 0 Å². The summed E-state index contributed by atoms with van der Waals surface area (Å²) in [4.78, 5) is 15.3. The van der Waals surface area contributed by atoms with E-state index >= 15 is 0 Å². The minimum atomic E-state index is -0.293. The van der Waals surface area contributed by atoms with Gasteiger partial charge in [-0.15, -0.1) is 5.10 Å². The number of hydrogen-bond donors (Lipinski definition) is 1. The zero-order valence-corrected chi connectivity index (χ0v) is 15.5. The molecule has 2 aromatic rings. The van der Waals surface area contributed by atoms with Crippen LogP contribution in [-0.4, -0.2) is 35.2 Å². The molecule has 0 atom stereocenters. The Morgan fingerprint density at radius 3 is 2.42 bits per heavy atom. The highest BCUT2D eigenvalue weighted by Crippen LogP contribution is 2.49. The third-order valence-corrected chi connectivity index (χ3v) is 5.67. The van der Waals surface area contributed by atoms with E-state index in [0.717, 1.165) is 44.6 Å². The molecule has 5 nitrogen and oxygen atoms in total. The summed E-state index contributed by atoms with van der Waals surface area (Å²) in [6.45, 7) is 6.01. The molecular formula is C21H26N4O. The van der Waals surface area contributed by atoms with E-state index in [-0.39, 0.29) is 17.4 Å². The lowest BCUT2D eigenvalue weighted by molar-refractivity contribution is -0.124. The average molecular weight is 350 g/mol. The molecule has 0 spiro atoms. The zero-order valence-electron chi connectivity index (χ0n) is 15.5. The van der Waals surface area contributed by atoms with Crippen LogP contribution >= 0.6 is 0 Å². The molecule has 2 fully saturated rings. The smallest absolute Gasteiger partial charge is 0.230 e. The normalized spacial score (nSPS) is 19.2. The van der Waals surface area contributed by atoms with Crippen LogP contribution in [0.15, 0.2) is 36.5 Å². The lowest BCUT2D eigenvalue weighted by atomic mass is 9.91. The third-order valence-electron chi connectivity index (χ3n) is 5.67. The van der Waals surface area contributed by atoms with Gasteiger partial charge >= 0.3 is 0 Å². The molecule has 1 saturated carbocycles. The second-order valence-electron chi connectivity index (χ2n) is 7.78. The van der Waals surface area contributed by atoms with Crippen molar-refractivity contribution in [1.82, 2.24) is 15.5 Å². The van der Waals surface area contributed by atoms with Gasteiger partial charge in [-0.05, 0) is 57.2 Å². The number of nitrogens with zero attached hydrogens (tertiary/aromatic N) is 3. The van der Waals surface area contributed by atoms with Crippen molar-refractivity contribution >= 4 is 11.7 Å². The van der Waals surface area contributed by atoms with Gasteiger partial charge in [0, 0.05) is 25.3 Å². The zero-order chi connectivity index (χ0) is 18.1. The Morgan fingerprint density at radius 2 is 1.85 bits per heavy atom. The number of benzene rings is 1. The van der Waals surface area contributed by atoms with E-state index in [1.807, 2.05) is 12.1 Å². The number of amides is 1. The SMILES string of the molecule is Cc1cc(C)cc(C2(C(=O)NC3CCN(c4cccnn4)CC3)CC2)c1. The fourth-order valence-electron chi connectivity index (χ4n) is 4.06. The number of aromatic nitrogens is 2. The first kappa shape index (κ1) is 17.0. The standard InChI is InChI=1S/C21H26N4O/c1-15-12-16(2)14-17(13-15)21(7-8-21)20(26)23-18-5-10-25(11-6-18)19-4-3-9-22-24-19/h3-4,9,12-14,18H,5-8,10-11H2,1-2H3,(H,23,26). The lowest BCUT2D eigenvalue weighted by Crippen LogP contribution is -2.47. The molecule has 4 rings (SSSR count). The van der Waals surface area contributed by atoms with Gasteiger partial charge in [0.05, 0.1) is 5.41 Å². The number of aryl methyl sites for hydroxylation is 2. The van der Waals surface area contributed by atoms with Gasteiger partial charge in [-0.2, -0.15) is 5.10 Å². The van der Waals surface area contributed by atoms with Crippen molar-refractivity contribution in [2.45, 2.75) is 51.0 Å². The summed E-state index contributed by atoms with van der Waals surface area (Å²) < 4.78 is 0. The van der Waals surface area contributed by atoms with Crippen LogP contribution in [0, 0.1) is 13.8 Å². The highest BCUT2D eigenvalue weighted by atomic mass is 16.2. The summed E-state index contributed by atoms with van der Waals surface area (Å²) in [6, 6.07) is 10.7. The van der Waals surface area contributed by atoms with Crippen molar-refractivity contribution < 1.29 is 4.79 Å². The Morgan fingerprint density at radius 1 is 1.15 bits per heavy atom. The summed E-state index contributed by atoms with van der Waals surface area (Å²) in [5, 5.41) is 11.5. The maximum Gasteiger partial charge on any atom is 0.230 e. The molecule has 1 aliphatic heterocycles. The number of nitrogens with one attached hydrogen (secondary N) is 1. The van der Waals surface area contributed by atoms with Gasteiger partial charge in [-0.25, -0.2) is 0 Å². The number of hydrogen-bond acceptors (Lipinski definition) is 4. The van der Waals surface area contributed by atoms with Crippen LogP contribution in [0.1, 0.15) is 42.4 Å². The summed E-state index contributed by atoms with van der Waals surface area (Å²) in [5.74, 6) is 1.13. The van der Waals surface area contributed by atoms with Crippen LogP contribution in [-0.2, 0) is 10.2 Å². The Labute approximate surface area is 154 Å². The first-order valence-corrected chi connectivity index (χ1v) is 9.49. The maximum absolute atomic E-state index is 13.0. The van der Waals surface area contributed by atoms with E-state index in [2.05, 4.69) is 52.5 Å². The van der Waals surface area contributed by atoms with E-state index in [1.165, 1.54) is 16.7 Å². The Kier molecular flexibility index (Phi) is 4.39. The second-order valence-corrected chi connectivity index (χ2v) is 7.78. The fourth-order valence-corrected chi connectivity index (χ4v) is 4.06. The number of carbonyl (C=O) groups excluding carboxylic acids is 1. The molecule has 26 heavy (non-hydrogen) atoms. The van der Waals surface area contributed by atoms with Crippen LogP contribution < -0.4 is 10.2 Å². The number of anilines is 1. The lowest BCUT2D eigenvalue weighted by Gasteiger charge is -2.33. The molecule has 2 aliphatic rings. The van der Waals surface area contributed by atoms with Crippen molar-refractivity contribution in [1.29, 1.82) is 0 Å². The quantitative estimate of drug-likeness (QED) is 0.921. The minimum Gasteiger partial charge on any atom is -0.355 e. The molecule has 1 aromatic carbocycles. The monoisotopic (exact) mass is 350 g/mol. The highest BCUT2D eigenvalue weighted by Gasteiger charge is 2.51. The fraction of sp³-hybridized carbons (Fsp3) is 0.476. The summed E-state index contributed by atoms with van der Waals surface area (Å²) >= 11 is 0. The van der Waals surface area contributed by atoms with Gasteiger partial charge in [0.2, 0.25) is 5.91 Å². The van der Waals surface area contributed by atoms with E-state index in [1.54, 1.807) is 6.20 Å². The maximum atomic E-state index is 13.0. The highest BCUT2D eigenvalue weighted by molar-refractivity contribution is 5.91. The molecule has 1 N–H and O–H groups in total. The van der Waals surface area contributed by atoms with E-state index < -0.39 is 0 Å². The number of rotatable bonds is 4. The van der Waals surface area contributed by atoms with E-state index in [4.69, 9.17) is 0 Å². The molecule has 1 aromatic heterocycles. The second kappa shape index (κ2) is 6.71. The first-order valence-electron chi connectivity index (χ1n) is 9.49. The molecule has 2 heterocycles. The third kappa shape index (κ3) is 3.30. The molecule has 1 amide bonds. The Balaban J connectivity index is 1.38. The molecular weight excluding hydrogens is 324 g/mol. The largest absolute Gasteiger partial charge is 0.355 e. The Bertz CT molecular complexity index is 773. The van der Waals surface area contributed by atoms with Gasteiger partial charge in [0.25, 0.3) is 0 Å². The average Bonchev–Trinajstić information content (AvgIpc) is 3.44. The summed E-state index contributed by atoms with van der Waals surface area (Å²) in [5.41, 5.74) is 3.36. The first-order chi connectivity index (χ1) is 12.6. The molecule has 0 radical (unpaired) electrons. The van der Waals surface area contributed by atoms with Gasteiger partial charge in [-0.3, -0.25) is 4.79 Å². The van der Waals surface area contributed by atoms with Crippen molar-refractivity contribution in [2.75, 3.05) is 18.0 Å². The molecule has 1 aliphatic carbocycles. The van der Waals surface area contributed by atoms with Crippen LogP contribution in [0.4, 0.5) is 5.82 Å². The van der Waals surface area contributed by atoms with Crippen molar-refractivity contribution in [3.8, 4) is 0 Å². The topological polar surface area (TPSA) is 58.1 Å². The summed E-state index contributed by atoms with van der Waals surface area (Å²) in [7, 11) is 0. The van der Waals surface area contributed by atoms with Crippen molar-refractivity contribution in [2.24, 2.45) is 0 Å². The number of carbonyl (C=O) groups is 1. The van der Waals surface area contributed by atoms with Gasteiger partial charge in [0.15, 0.2) is 5.82 Å². The molecule has 1 saturated heterocycles. The van der Waals surface area contributed by atoms with Crippen LogP contribution in [0.3, 0.4) is 0 Å². The molecule has 0 bridgehead atoms.